The van der Waals surface area contributed by atoms with Crippen molar-refractivity contribution in [1.29, 1.82) is 0 Å². The molecule has 0 heterocycles. The van der Waals surface area contributed by atoms with Crippen LogP contribution in [0.2, 0.25) is 0 Å². The third-order valence-corrected chi connectivity index (χ3v) is 3.35. The molecule has 1 aliphatic rings. The quantitative estimate of drug-likeness (QED) is 0.452. The van der Waals surface area contributed by atoms with E-state index >= 15 is 0 Å². The van der Waals surface area contributed by atoms with Crippen molar-refractivity contribution in [3.63, 3.8) is 0 Å². The summed E-state index contributed by atoms with van der Waals surface area (Å²) in [6.07, 6.45) is 6.52. The topological polar surface area (TPSA) is 41.6 Å². The Morgan fingerprint density at radius 2 is 2.06 bits per heavy atom. The van der Waals surface area contributed by atoms with Crippen LogP contribution in [0.1, 0.15) is 45.4 Å². The molecule has 18 heavy (non-hydrogen) atoms. The number of hydrogen-bond acceptors (Lipinski definition) is 4. The van der Waals surface area contributed by atoms with E-state index in [0.29, 0.717) is 13.0 Å². The largest absolute Gasteiger partial charge is 0.466 e. The van der Waals surface area contributed by atoms with Crippen molar-refractivity contribution >= 4 is 5.97 Å². The van der Waals surface area contributed by atoms with Gasteiger partial charge in [-0.25, -0.2) is 0 Å². The molecule has 0 aromatic carbocycles. The van der Waals surface area contributed by atoms with Crippen LogP contribution >= 0.6 is 0 Å². The number of rotatable bonds is 11. The summed E-state index contributed by atoms with van der Waals surface area (Å²) in [6.45, 7) is 5.62. The van der Waals surface area contributed by atoms with E-state index in [-0.39, 0.29) is 5.97 Å². The number of nitrogens with one attached hydrogen (secondary N) is 1. The van der Waals surface area contributed by atoms with E-state index in [1.54, 1.807) is 0 Å². The summed E-state index contributed by atoms with van der Waals surface area (Å²) in [5.41, 5.74) is 0. The van der Waals surface area contributed by atoms with Crippen LogP contribution < -0.4 is 5.32 Å². The lowest BCUT2D eigenvalue weighted by atomic mass is 10.2. The molecule has 0 aliphatic heterocycles. The molecule has 1 saturated carbocycles. The van der Waals surface area contributed by atoms with Crippen LogP contribution in [0.3, 0.4) is 0 Å². The average Bonchev–Trinajstić information content (AvgIpc) is 3.16. The van der Waals surface area contributed by atoms with Gasteiger partial charge in [0.15, 0.2) is 0 Å². The maximum Gasteiger partial charge on any atom is 0.305 e. The first-order valence-corrected chi connectivity index (χ1v) is 7.30. The van der Waals surface area contributed by atoms with Crippen LogP contribution in [-0.4, -0.2) is 50.2 Å². The molecule has 0 atom stereocenters. The van der Waals surface area contributed by atoms with Gasteiger partial charge in [0.05, 0.1) is 6.61 Å². The van der Waals surface area contributed by atoms with Gasteiger partial charge in [-0.05, 0) is 46.2 Å². The van der Waals surface area contributed by atoms with Gasteiger partial charge in [0.2, 0.25) is 0 Å². The van der Waals surface area contributed by atoms with Gasteiger partial charge < -0.3 is 15.0 Å². The molecule has 4 heteroatoms. The molecule has 0 aromatic rings. The van der Waals surface area contributed by atoms with Crippen molar-refractivity contribution in [2.45, 2.75) is 51.5 Å². The molecule has 0 radical (unpaired) electrons. The second kappa shape index (κ2) is 9.34. The summed E-state index contributed by atoms with van der Waals surface area (Å²) in [5.74, 6) is -0.0588. The average molecular weight is 256 g/mol. The number of carbonyl (C=O) groups excluding carboxylic acids is 1. The number of esters is 1. The number of unbranched alkanes of at least 4 members (excludes halogenated alkanes) is 2. The summed E-state index contributed by atoms with van der Waals surface area (Å²) in [7, 11) is 2.21. The molecule has 0 aromatic heterocycles. The summed E-state index contributed by atoms with van der Waals surface area (Å²) >= 11 is 0. The second-order valence-corrected chi connectivity index (χ2v) is 5.08. The summed E-state index contributed by atoms with van der Waals surface area (Å²) in [4.78, 5) is 13.5. The number of hydrogen-bond donors (Lipinski definition) is 1. The van der Waals surface area contributed by atoms with Gasteiger partial charge in [0, 0.05) is 25.6 Å². The van der Waals surface area contributed by atoms with E-state index in [0.717, 1.165) is 44.9 Å². The number of ether oxygens (including phenoxy) is 1. The lowest BCUT2D eigenvalue weighted by Crippen LogP contribution is -2.31. The molecule has 4 nitrogen and oxygen atoms in total. The number of likely N-dealkylation sites (N-methyl/N-ethyl adjacent to an activating group) is 1. The van der Waals surface area contributed by atoms with Gasteiger partial charge in [-0.2, -0.15) is 0 Å². The highest BCUT2D eigenvalue weighted by atomic mass is 16.5. The van der Waals surface area contributed by atoms with Gasteiger partial charge in [-0.15, -0.1) is 0 Å². The van der Waals surface area contributed by atoms with Gasteiger partial charge in [0.1, 0.15) is 0 Å². The summed E-state index contributed by atoms with van der Waals surface area (Å²) in [6, 6.07) is 0.858. The van der Waals surface area contributed by atoms with Crippen LogP contribution in [-0.2, 0) is 9.53 Å². The van der Waals surface area contributed by atoms with Gasteiger partial charge >= 0.3 is 5.97 Å². The smallest absolute Gasteiger partial charge is 0.305 e. The highest BCUT2D eigenvalue weighted by molar-refractivity contribution is 5.69. The van der Waals surface area contributed by atoms with E-state index in [9.17, 15) is 4.79 Å². The molecule has 0 unspecified atom stereocenters. The van der Waals surface area contributed by atoms with E-state index in [1.807, 2.05) is 6.92 Å². The Labute approximate surface area is 111 Å². The van der Waals surface area contributed by atoms with Gasteiger partial charge in [-0.1, -0.05) is 6.42 Å². The molecule has 0 amide bonds. The standard InChI is InChI=1S/C14H28N2O2/c1-3-18-14(17)7-5-4-6-10-15-11-12-16(2)13-8-9-13/h13,15H,3-12H2,1-2H3. The van der Waals surface area contributed by atoms with Gasteiger partial charge in [0.25, 0.3) is 0 Å². The maximum absolute atomic E-state index is 11.1. The van der Waals surface area contributed by atoms with E-state index in [2.05, 4.69) is 17.3 Å². The lowest BCUT2D eigenvalue weighted by molar-refractivity contribution is -0.143. The predicted octanol–water partition coefficient (Wildman–Crippen LogP) is 1.79. The van der Waals surface area contributed by atoms with Crippen molar-refractivity contribution in [2.75, 3.05) is 33.3 Å². The molecule has 0 saturated heterocycles. The molecular weight excluding hydrogens is 228 g/mol. The van der Waals surface area contributed by atoms with Crippen LogP contribution in [0, 0.1) is 0 Å². The second-order valence-electron chi connectivity index (χ2n) is 5.08. The van der Waals surface area contributed by atoms with Crippen LogP contribution in [0.15, 0.2) is 0 Å². The molecule has 1 fully saturated rings. The Kier molecular flexibility index (Phi) is 8.01. The molecule has 0 spiro atoms. The molecule has 1 rings (SSSR count). The summed E-state index contributed by atoms with van der Waals surface area (Å²) < 4.78 is 4.88. The molecule has 1 aliphatic carbocycles. The van der Waals surface area contributed by atoms with Crippen LogP contribution in [0.5, 0.6) is 0 Å². The van der Waals surface area contributed by atoms with Crippen molar-refractivity contribution in [2.24, 2.45) is 0 Å². The summed E-state index contributed by atoms with van der Waals surface area (Å²) in [5, 5.41) is 3.45. The Balaban J connectivity index is 1.76. The third-order valence-electron chi connectivity index (χ3n) is 3.35. The van der Waals surface area contributed by atoms with Crippen LogP contribution in [0.25, 0.3) is 0 Å². The fourth-order valence-corrected chi connectivity index (χ4v) is 2.01. The molecule has 106 valence electrons. The van der Waals surface area contributed by atoms with E-state index < -0.39 is 0 Å². The SMILES string of the molecule is CCOC(=O)CCCCCNCCN(C)C1CC1. The zero-order valence-corrected chi connectivity index (χ0v) is 11.9. The zero-order valence-electron chi connectivity index (χ0n) is 11.9. The minimum Gasteiger partial charge on any atom is -0.466 e. The first kappa shape index (κ1) is 15.4. The van der Waals surface area contributed by atoms with E-state index in [1.165, 1.54) is 12.8 Å². The first-order valence-electron chi connectivity index (χ1n) is 7.30. The normalized spacial score (nSPS) is 15.1. The lowest BCUT2D eigenvalue weighted by Gasteiger charge is -2.15. The van der Waals surface area contributed by atoms with Crippen molar-refractivity contribution in [3.05, 3.63) is 0 Å². The van der Waals surface area contributed by atoms with Crippen molar-refractivity contribution in [3.8, 4) is 0 Å². The first-order chi connectivity index (χ1) is 8.74. The molecule has 0 bridgehead atoms. The Hall–Kier alpha value is -0.610. The predicted molar refractivity (Wildman–Crippen MR) is 73.6 cm³/mol. The minimum atomic E-state index is -0.0588. The van der Waals surface area contributed by atoms with Crippen molar-refractivity contribution < 1.29 is 9.53 Å². The number of nitrogens with zero attached hydrogens (tertiary/aromatic N) is 1. The minimum absolute atomic E-state index is 0.0588. The fraction of sp³-hybridized carbons (Fsp3) is 0.929. The monoisotopic (exact) mass is 256 g/mol. The maximum atomic E-state index is 11.1. The van der Waals surface area contributed by atoms with Crippen molar-refractivity contribution in [1.82, 2.24) is 10.2 Å². The Bertz CT molecular complexity index is 230. The Morgan fingerprint density at radius 3 is 2.72 bits per heavy atom. The zero-order chi connectivity index (χ0) is 13.2. The molecular formula is C14H28N2O2. The highest BCUT2D eigenvalue weighted by Crippen LogP contribution is 2.24. The number of carbonyl (C=O) groups is 1. The Morgan fingerprint density at radius 1 is 1.28 bits per heavy atom. The van der Waals surface area contributed by atoms with Gasteiger partial charge in [-0.3, -0.25) is 4.79 Å². The van der Waals surface area contributed by atoms with E-state index in [4.69, 9.17) is 4.74 Å². The van der Waals surface area contributed by atoms with Crippen LogP contribution in [0.4, 0.5) is 0 Å². The fourth-order valence-electron chi connectivity index (χ4n) is 2.01. The molecule has 1 N–H and O–H groups in total. The highest BCUT2D eigenvalue weighted by Gasteiger charge is 2.25. The third kappa shape index (κ3) is 7.67.